The number of aromatic nitrogens is 1. The summed E-state index contributed by atoms with van der Waals surface area (Å²) >= 11 is 0. The summed E-state index contributed by atoms with van der Waals surface area (Å²) in [7, 11) is 0. The molecular weight excluding hydrogens is 342 g/mol. The number of para-hydroxylation sites is 1. The summed E-state index contributed by atoms with van der Waals surface area (Å²) < 4.78 is 11.5. The van der Waals surface area contributed by atoms with Gasteiger partial charge in [0.2, 0.25) is 0 Å². The molecule has 2 aliphatic heterocycles. The van der Waals surface area contributed by atoms with Gasteiger partial charge in [-0.2, -0.15) is 0 Å². The van der Waals surface area contributed by atoms with E-state index in [2.05, 4.69) is 27.8 Å². The van der Waals surface area contributed by atoms with Gasteiger partial charge in [-0.15, -0.1) is 0 Å². The van der Waals surface area contributed by atoms with E-state index in [-0.39, 0.29) is 6.03 Å². The second-order valence-electron chi connectivity index (χ2n) is 6.90. The zero-order valence-electron chi connectivity index (χ0n) is 14.9. The number of hydrogen-bond donors (Lipinski definition) is 3. The monoisotopic (exact) mass is 363 g/mol. The number of ether oxygens (including phenoxy) is 2. The summed E-state index contributed by atoms with van der Waals surface area (Å²) in [4.78, 5) is 15.7. The molecule has 3 aromatic rings. The topological polar surface area (TPSA) is 75.4 Å². The number of benzene rings is 2. The second-order valence-corrected chi connectivity index (χ2v) is 6.90. The van der Waals surface area contributed by atoms with Crippen molar-refractivity contribution in [1.29, 1.82) is 0 Å². The second kappa shape index (κ2) is 6.54. The average Bonchev–Trinajstić information content (AvgIpc) is 3.41. The number of rotatable bonds is 4. The summed E-state index contributed by atoms with van der Waals surface area (Å²) in [6, 6.07) is 10.0. The van der Waals surface area contributed by atoms with Crippen LogP contribution in [0, 0.1) is 0 Å². The standard InChI is InChI=1S/C21H21N3O3/c25-21(22-8-5-14-12-23-17-4-2-1-3-15(14)17)24-19-16-7-10-26-18(16)11-13-6-9-27-20(13)19/h1-4,11-12,23H,5-10H2,(H2,22,24,25). The number of amides is 2. The van der Waals surface area contributed by atoms with Crippen LogP contribution in [0.15, 0.2) is 36.5 Å². The van der Waals surface area contributed by atoms with Gasteiger partial charge in [0.1, 0.15) is 11.5 Å². The molecule has 6 heteroatoms. The average molecular weight is 363 g/mol. The molecule has 1 aromatic heterocycles. The van der Waals surface area contributed by atoms with E-state index in [1.54, 1.807) is 0 Å². The predicted molar refractivity (Wildman–Crippen MR) is 104 cm³/mol. The van der Waals surface area contributed by atoms with Gasteiger partial charge in [-0.05, 0) is 24.1 Å². The van der Waals surface area contributed by atoms with Crippen LogP contribution in [0.3, 0.4) is 0 Å². The van der Waals surface area contributed by atoms with Gasteiger partial charge >= 0.3 is 6.03 Å². The van der Waals surface area contributed by atoms with Crippen molar-refractivity contribution in [3.63, 3.8) is 0 Å². The van der Waals surface area contributed by atoms with Gasteiger partial charge in [0.25, 0.3) is 0 Å². The van der Waals surface area contributed by atoms with Crippen LogP contribution in [0.4, 0.5) is 10.5 Å². The van der Waals surface area contributed by atoms with E-state index in [9.17, 15) is 4.79 Å². The van der Waals surface area contributed by atoms with Crippen molar-refractivity contribution in [3.05, 3.63) is 53.2 Å². The summed E-state index contributed by atoms with van der Waals surface area (Å²) in [5.41, 5.74) is 5.21. The van der Waals surface area contributed by atoms with Gasteiger partial charge in [0.15, 0.2) is 0 Å². The molecule has 2 amide bonds. The molecule has 0 bridgehead atoms. The number of H-pyrrole nitrogens is 1. The Kier molecular flexibility index (Phi) is 3.89. The molecule has 0 saturated carbocycles. The summed E-state index contributed by atoms with van der Waals surface area (Å²) in [6.07, 6.45) is 4.41. The van der Waals surface area contributed by atoms with E-state index >= 15 is 0 Å². The lowest BCUT2D eigenvalue weighted by Crippen LogP contribution is -2.30. The largest absolute Gasteiger partial charge is 0.493 e. The number of carbonyl (C=O) groups is 1. The van der Waals surface area contributed by atoms with E-state index in [0.717, 1.165) is 53.1 Å². The molecule has 0 fully saturated rings. The van der Waals surface area contributed by atoms with Gasteiger partial charge in [-0.3, -0.25) is 0 Å². The maximum atomic E-state index is 12.5. The molecule has 0 saturated heterocycles. The third-order valence-corrected chi connectivity index (χ3v) is 5.24. The van der Waals surface area contributed by atoms with Crippen molar-refractivity contribution in [1.82, 2.24) is 10.3 Å². The van der Waals surface area contributed by atoms with E-state index < -0.39 is 0 Å². The molecule has 2 aromatic carbocycles. The van der Waals surface area contributed by atoms with Crippen LogP contribution < -0.4 is 20.1 Å². The Morgan fingerprint density at radius 2 is 2.04 bits per heavy atom. The van der Waals surface area contributed by atoms with Gasteiger partial charge in [0, 0.05) is 47.6 Å². The number of aromatic amines is 1. The molecule has 138 valence electrons. The maximum absolute atomic E-state index is 12.5. The Labute approximate surface area is 156 Å². The number of nitrogens with one attached hydrogen (secondary N) is 3. The quantitative estimate of drug-likeness (QED) is 0.665. The van der Waals surface area contributed by atoms with E-state index in [1.807, 2.05) is 24.4 Å². The number of hydrogen-bond acceptors (Lipinski definition) is 3. The van der Waals surface area contributed by atoms with Crippen LogP contribution in [0.25, 0.3) is 10.9 Å². The third kappa shape index (κ3) is 2.87. The van der Waals surface area contributed by atoms with E-state index in [4.69, 9.17) is 9.47 Å². The van der Waals surface area contributed by atoms with Crippen molar-refractivity contribution < 1.29 is 14.3 Å². The molecule has 3 N–H and O–H groups in total. The number of anilines is 1. The molecule has 0 spiro atoms. The smallest absolute Gasteiger partial charge is 0.319 e. The van der Waals surface area contributed by atoms with Crippen molar-refractivity contribution in [3.8, 4) is 11.5 Å². The first-order valence-electron chi connectivity index (χ1n) is 9.34. The highest BCUT2D eigenvalue weighted by Gasteiger charge is 2.27. The third-order valence-electron chi connectivity index (χ3n) is 5.24. The van der Waals surface area contributed by atoms with Crippen LogP contribution in [-0.2, 0) is 19.3 Å². The first kappa shape index (κ1) is 16.1. The van der Waals surface area contributed by atoms with Crippen LogP contribution >= 0.6 is 0 Å². The number of carbonyl (C=O) groups excluding carboxylic acids is 1. The molecule has 3 heterocycles. The lowest BCUT2D eigenvalue weighted by atomic mass is 10.0. The van der Waals surface area contributed by atoms with Crippen molar-refractivity contribution in [2.45, 2.75) is 19.3 Å². The minimum Gasteiger partial charge on any atom is -0.493 e. The predicted octanol–water partition coefficient (Wildman–Crippen LogP) is 3.40. The Bertz CT molecular complexity index is 993. The zero-order chi connectivity index (χ0) is 18.2. The SMILES string of the molecule is O=C(NCCc1c[nH]c2ccccc12)Nc1c2c(cc3c1OCC3)OCC2. The van der Waals surface area contributed by atoms with E-state index in [0.29, 0.717) is 19.8 Å². The van der Waals surface area contributed by atoms with E-state index in [1.165, 1.54) is 10.9 Å². The molecule has 6 nitrogen and oxygen atoms in total. The Morgan fingerprint density at radius 3 is 3.00 bits per heavy atom. The van der Waals surface area contributed by atoms with Crippen LogP contribution in [0.1, 0.15) is 16.7 Å². The zero-order valence-corrected chi connectivity index (χ0v) is 14.9. The highest BCUT2D eigenvalue weighted by molar-refractivity contribution is 5.93. The normalized spacial score (nSPS) is 14.4. The molecular formula is C21H21N3O3. The Hall–Kier alpha value is -3.15. The Balaban J connectivity index is 1.27. The maximum Gasteiger partial charge on any atom is 0.319 e. The molecule has 27 heavy (non-hydrogen) atoms. The molecule has 0 radical (unpaired) electrons. The molecule has 0 unspecified atom stereocenters. The van der Waals surface area contributed by atoms with Crippen molar-refractivity contribution >= 4 is 22.6 Å². The molecule has 0 aliphatic carbocycles. The van der Waals surface area contributed by atoms with Crippen molar-refractivity contribution in [2.24, 2.45) is 0 Å². The van der Waals surface area contributed by atoms with Gasteiger partial charge in [-0.1, -0.05) is 18.2 Å². The first-order valence-corrected chi connectivity index (χ1v) is 9.34. The lowest BCUT2D eigenvalue weighted by Gasteiger charge is -2.14. The lowest BCUT2D eigenvalue weighted by molar-refractivity contribution is 0.252. The summed E-state index contributed by atoms with van der Waals surface area (Å²) in [5, 5.41) is 7.15. The highest BCUT2D eigenvalue weighted by atomic mass is 16.5. The van der Waals surface area contributed by atoms with Gasteiger partial charge < -0.3 is 25.1 Å². The minimum absolute atomic E-state index is 0.215. The fourth-order valence-corrected chi connectivity index (χ4v) is 3.92. The first-order chi connectivity index (χ1) is 13.3. The minimum atomic E-state index is -0.215. The summed E-state index contributed by atoms with van der Waals surface area (Å²) in [6.45, 7) is 1.85. The van der Waals surface area contributed by atoms with Crippen LogP contribution in [-0.4, -0.2) is 30.8 Å². The fourth-order valence-electron chi connectivity index (χ4n) is 3.92. The summed E-state index contributed by atoms with van der Waals surface area (Å²) in [5.74, 6) is 1.67. The van der Waals surface area contributed by atoms with Gasteiger partial charge in [0.05, 0.1) is 18.9 Å². The van der Waals surface area contributed by atoms with Crippen LogP contribution in [0.5, 0.6) is 11.5 Å². The van der Waals surface area contributed by atoms with Gasteiger partial charge in [-0.25, -0.2) is 4.79 Å². The fraction of sp³-hybridized carbons (Fsp3) is 0.286. The van der Waals surface area contributed by atoms with Crippen LogP contribution in [0.2, 0.25) is 0 Å². The number of urea groups is 1. The highest BCUT2D eigenvalue weighted by Crippen LogP contribution is 2.44. The Morgan fingerprint density at radius 1 is 1.15 bits per heavy atom. The van der Waals surface area contributed by atoms with Crippen molar-refractivity contribution in [2.75, 3.05) is 25.1 Å². The number of fused-ring (bicyclic) bond motifs is 3. The molecule has 2 aliphatic rings. The molecule has 0 atom stereocenters. The molecule has 5 rings (SSSR count).